The van der Waals surface area contributed by atoms with Crippen LogP contribution in [0.5, 0.6) is 5.75 Å². The fraction of sp³-hybridized carbons (Fsp3) is 0.609. The molecule has 8 heteroatoms. The molecule has 1 aliphatic heterocycles. The number of benzene rings is 1. The summed E-state index contributed by atoms with van der Waals surface area (Å²) in [6.07, 6.45) is 1.93. The van der Waals surface area contributed by atoms with Gasteiger partial charge < -0.3 is 15.0 Å². The van der Waals surface area contributed by atoms with Crippen molar-refractivity contribution in [3.63, 3.8) is 0 Å². The molecule has 1 saturated heterocycles. The molecule has 0 spiro atoms. The number of hydrogen-bond donors (Lipinski definition) is 2. The van der Waals surface area contributed by atoms with Gasteiger partial charge in [0.1, 0.15) is 5.75 Å². The Hall–Kier alpha value is -2.61. The van der Waals surface area contributed by atoms with E-state index in [1.165, 1.54) is 0 Å². The molecule has 2 N–H and O–H groups in total. The third kappa shape index (κ3) is 8.20. The van der Waals surface area contributed by atoms with Crippen LogP contribution in [-0.2, 0) is 16.0 Å². The Morgan fingerprint density at radius 2 is 1.74 bits per heavy atom. The van der Waals surface area contributed by atoms with Crippen molar-refractivity contribution in [1.82, 2.24) is 20.4 Å². The van der Waals surface area contributed by atoms with Crippen LogP contribution >= 0.6 is 0 Å². The van der Waals surface area contributed by atoms with E-state index in [2.05, 4.69) is 10.6 Å². The van der Waals surface area contributed by atoms with Crippen LogP contribution in [0.15, 0.2) is 24.3 Å². The van der Waals surface area contributed by atoms with Crippen LogP contribution in [0.25, 0.3) is 0 Å². The molecule has 1 atom stereocenters. The van der Waals surface area contributed by atoms with Gasteiger partial charge in [-0.15, -0.1) is 0 Å². The molecule has 0 radical (unpaired) electrons. The number of nitrogens with one attached hydrogen (secondary N) is 2. The van der Waals surface area contributed by atoms with E-state index in [-0.39, 0.29) is 11.8 Å². The van der Waals surface area contributed by atoms with Crippen LogP contribution in [0.3, 0.4) is 0 Å². The number of rotatable bonds is 6. The molecule has 8 nitrogen and oxygen atoms in total. The summed E-state index contributed by atoms with van der Waals surface area (Å²) < 4.78 is 5.16. The molecule has 0 saturated carbocycles. The van der Waals surface area contributed by atoms with Crippen molar-refractivity contribution in [3.8, 4) is 5.75 Å². The molecule has 1 fully saturated rings. The van der Waals surface area contributed by atoms with Gasteiger partial charge >= 0.3 is 6.03 Å². The predicted molar refractivity (Wildman–Crippen MR) is 120 cm³/mol. The molecule has 0 aromatic heterocycles. The highest BCUT2D eigenvalue weighted by molar-refractivity contribution is 5.97. The van der Waals surface area contributed by atoms with Gasteiger partial charge in [0.25, 0.3) is 0 Å². The Bertz CT molecular complexity index is 758. The maximum absolute atomic E-state index is 12.7. The zero-order valence-corrected chi connectivity index (χ0v) is 19.4. The van der Waals surface area contributed by atoms with Gasteiger partial charge in [-0.05, 0) is 58.2 Å². The Morgan fingerprint density at radius 1 is 1.06 bits per heavy atom. The molecule has 2 rings (SSSR count). The summed E-state index contributed by atoms with van der Waals surface area (Å²) in [5.74, 6) is 0.595. The minimum atomic E-state index is -0.491. The molecule has 172 valence electrons. The summed E-state index contributed by atoms with van der Waals surface area (Å²) >= 11 is 0. The van der Waals surface area contributed by atoms with Gasteiger partial charge in [0.15, 0.2) is 0 Å². The lowest BCUT2D eigenvalue weighted by molar-refractivity contribution is -0.131. The van der Waals surface area contributed by atoms with Crippen molar-refractivity contribution in [2.24, 2.45) is 0 Å². The summed E-state index contributed by atoms with van der Waals surface area (Å²) in [5, 5.41) is 5.14. The van der Waals surface area contributed by atoms with Crippen LogP contribution < -0.4 is 15.4 Å². The van der Waals surface area contributed by atoms with Gasteiger partial charge in [-0.25, -0.2) is 4.79 Å². The molecule has 0 aliphatic carbocycles. The van der Waals surface area contributed by atoms with Crippen LogP contribution in [-0.4, -0.2) is 72.5 Å². The first-order chi connectivity index (χ1) is 14.6. The average Bonchev–Trinajstić information content (AvgIpc) is 2.96. The molecular formula is C23H36N4O4. The van der Waals surface area contributed by atoms with Crippen LogP contribution in [0.4, 0.5) is 4.79 Å². The van der Waals surface area contributed by atoms with E-state index in [4.69, 9.17) is 4.74 Å². The third-order valence-electron chi connectivity index (χ3n) is 5.32. The second kappa shape index (κ2) is 11.1. The van der Waals surface area contributed by atoms with Gasteiger partial charge in [-0.3, -0.25) is 19.8 Å². The molecule has 1 aromatic rings. The van der Waals surface area contributed by atoms with Crippen molar-refractivity contribution in [1.29, 1.82) is 0 Å². The smallest absolute Gasteiger partial charge is 0.321 e. The van der Waals surface area contributed by atoms with Crippen molar-refractivity contribution >= 4 is 17.8 Å². The van der Waals surface area contributed by atoms with E-state index in [1.807, 2.05) is 54.8 Å². The Labute approximate surface area is 185 Å². The largest absolute Gasteiger partial charge is 0.497 e. The van der Waals surface area contributed by atoms with Crippen molar-refractivity contribution in [3.05, 3.63) is 29.8 Å². The molecule has 1 heterocycles. The summed E-state index contributed by atoms with van der Waals surface area (Å²) in [6.45, 7) is 9.92. The van der Waals surface area contributed by atoms with Crippen molar-refractivity contribution < 1.29 is 19.1 Å². The molecule has 4 amide bonds. The van der Waals surface area contributed by atoms with E-state index < -0.39 is 17.6 Å². The molecule has 1 unspecified atom stereocenters. The van der Waals surface area contributed by atoms with Crippen LogP contribution in [0.2, 0.25) is 0 Å². The molecule has 0 bridgehead atoms. The number of ether oxygens (including phenoxy) is 1. The molecular weight excluding hydrogens is 396 g/mol. The summed E-state index contributed by atoms with van der Waals surface area (Å²) in [6, 6.07) is 6.82. The first-order valence-corrected chi connectivity index (χ1v) is 10.9. The number of methoxy groups -OCH3 is 1. The lowest BCUT2D eigenvalue weighted by Crippen LogP contribution is -2.53. The highest BCUT2D eigenvalue weighted by atomic mass is 16.5. The zero-order chi connectivity index (χ0) is 23.0. The van der Waals surface area contributed by atoms with E-state index in [0.717, 1.165) is 17.7 Å². The Morgan fingerprint density at radius 3 is 2.35 bits per heavy atom. The first-order valence-electron chi connectivity index (χ1n) is 10.9. The first kappa shape index (κ1) is 24.7. The lowest BCUT2D eigenvalue weighted by atomic mass is 10.1. The second-order valence-corrected chi connectivity index (χ2v) is 8.99. The maximum Gasteiger partial charge on any atom is 0.321 e. The summed E-state index contributed by atoms with van der Waals surface area (Å²) in [7, 11) is 1.63. The number of hydrogen-bond acceptors (Lipinski definition) is 5. The number of carbonyl (C=O) groups excluding carboxylic acids is 3. The Balaban J connectivity index is 1.81. The van der Waals surface area contributed by atoms with Crippen LogP contribution in [0.1, 0.15) is 46.1 Å². The normalized spacial score (nSPS) is 16.2. The number of amides is 4. The number of imide groups is 1. The minimum Gasteiger partial charge on any atom is -0.497 e. The highest BCUT2D eigenvalue weighted by Gasteiger charge is 2.27. The van der Waals surface area contributed by atoms with Gasteiger partial charge in [0.05, 0.1) is 13.2 Å². The standard InChI is InChI=1S/C23H36N4O4/c1-17(21(29)24-22(30)25-23(2,3)4)26-13-6-14-27(16-15-26)20(28)12-9-18-7-10-19(31-5)11-8-18/h7-8,10-11,17H,6,9,12-16H2,1-5H3,(H2,24,25,29,30). The molecule has 1 aliphatic rings. The van der Waals surface area contributed by atoms with Crippen molar-refractivity contribution in [2.45, 2.75) is 58.5 Å². The van der Waals surface area contributed by atoms with E-state index in [9.17, 15) is 14.4 Å². The van der Waals surface area contributed by atoms with Crippen molar-refractivity contribution in [2.75, 3.05) is 33.3 Å². The maximum atomic E-state index is 12.7. The van der Waals surface area contributed by atoms with Gasteiger partial charge in [-0.2, -0.15) is 0 Å². The molecule has 1 aromatic carbocycles. The molecule has 31 heavy (non-hydrogen) atoms. The van der Waals surface area contributed by atoms with Crippen LogP contribution in [0, 0.1) is 0 Å². The van der Waals surface area contributed by atoms with E-state index >= 15 is 0 Å². The Kier molecular flexibility index (Phi) is 8.86. The number of nitrogens with zero attached hydrogens (tertiary/aromatic N) is 2. The number of carbonyl (C=O) groups is 3. The second-order valence-electron chi connectivity index (χ2n) is 8.99. The fourth-order valence-corrected chi connectivity index (χ4v) is 3.53. The average molecular weight is 433 g/mol. The third-order valence-corrected chi connectivity index (χ3v) is 5.32. The van der Waals surface area contributed by atoms with Gasteiger partial charge in [0, 0.05) is 38.1 Å². The topological polar surface area (TPSA) is 91.0 Å². The lowest BCUT2D eigenvalue weighted by Gasteiger charge is -2.27. The number of urea groups is 1. The van der Waals surface area contributed by atoms with E-state index in [1.54, 1.807) is 14.0 Å². The summed E-state index contributed by atoms with van der Waals surface area (Å²) in [4.78, 5) is 41.0. The highest BCUT2D eigenvalue weighted by Crippen LogP contribution is 2.14. The van der Waals surface area contributed by atoms with Gasteiger partial charge in [-0.1, -0.05) is 12.1 Å². The van der Waals surface area contributed by atoms with E-state index in [0.29, 0.717) is 39.0 Å². The fourth-order valence-electron chi connectivity index (χ4n) is 3.53. The number of aryl methyl sites for hydroxylation is 1. The monoisotopic (exact) mass is 432 g/mol. The van der Waals surface area contributed by atoms with Gasteiger partial charge in [0.2, 0.25) is 11.8 Å². The quantitative estimate of drug-likeness (QED) is 0.719. The minimum absolute atomic E-state index is 0.124. The summed E-state index contributed by atoms with van der Waals surface area (Å²) in [5.41, 5.74) is 0.688. The predicted octanol–water partition coefficient (Wildman–Crippen LogP) is 2.17. The SMILES string of the molecule is COc1ccc(CCC(=O)N2CCCN(C(C)C(=O)NC(=O)NC(C)(C)C)CC2)cc1. The zero-order valence-electron chi connectivity index (χ0n) is 19.4.